The number of amidine groups is 1. The van der Waals surface area contributed by atoms with Gasteiger partial charge in [-0.15, -0.1) is 0 Å². The average Bonchev–Trinajstić information content (AvgIpc) is 3.01. The second kappa shape index (κ2) is 5.85. The summed E-state index contributed by atoms with van der Waals surface area (Å²) in [4.78, 5) is 3.99. The molecule has 2 nitrogen and oxygen atoms in total. The number of nitrogens with one attached hydrogen (secondary N) is 1. The van der Waals surface area contributed by atoms with E-state index >= 15 is 0 Å². The molecule has 2 aliphatic rings. The molecule has 0 saturated carbocycles. The lowest BCUT2D eigenvalue weighted by Crippen LogP contribution is -2.13. The van der Waals surface area contributed by atoms with Crippen LogP contribution in [0.2, 0.25) is 0 Å². The molecule has 3 rings (SSSR count). The predicted molar refractivity (Wildman–Crippen MR) is 73.8 cm³/mol. The van der Waals surface area contributed by atoms with Gasteiger partial charge in [0, 0.05) is 20.0 Å². The van der Waals surface area contributed by atoms with Crippen molar-refractivity contribution in [3.05, 3.63) is 35.4 Å². The van der Waals surface area contributed by atoms with Crippen molar-refractivity contribution in [1.82, 2.24) is 5.32 Å². The Bertz CT molecular complexity index is 388. The molecule has 1 fully saturated rings. The van der Waals surface area contributed by atoms with Crippen molar-refractivity contribution >= 4 is 5.84 Å². The van der Waals surface area contributed by atoms with E-state index in [-0.39, 0.29) is 0 Å². The fourth-order valence-corrected chi connectivity index (χ4v) is 2.54. The lowest BCUT2D eigenvalue weighted by Gasteiger charge is -2.01. The van der Waals surface area contributed by atoms with Gasteiger partial charge in [-0.2, -0.15) is 0 Å². The van der Waals surface area contributed by atoms with E-state index in [1.807, 2.05) is 7.05 Å². The fraction of sp³-hybridized carbons (Fsp3) is 0.533. The molecule has 1 atom stereocenters. The summed E-state index contributed by atoms with van der Waals surface area (Å²) in [6.45, 7) is 3.43. The topological polar surface area (TPSA) is 24.4 Å². The molecule has 1 saturated heterocycles. The molecule has 1 aliphatic heterocycles. The van der Waals surface area contributed by atoms with Gasteiger partial charge in [-0.3, -0.25) is 4.99 Å². The van der Waals surface area contributed by atoms with Crippen molar-refractivity contribution in [2.75, 3.05) is 13.6 Å². The van der Waals surface area contributed by atoms with Crippen LogP contribution in [0.1, 0.15) is 43.2 Å². The van der Waals surface area contributed by atoms with Crippen LogP contribution < -0.4 is 5.32 Å². The minimum absolute atomic E-state index is 0.802. The van der Waals surface area contributed by atoms with Crippen LogP contribution in [0.5, 0.6) is 0 Å². The third-order valence-corrected chi connectivity index (χ3v) is 3.62. The summed E-state index contributed by atoms with van der Waals surface area (Å²) in [6.07, 6.45) is 5.04. The van der Waals surface area contributed by atoms with E-state index < -0.39 is 0 Å². The molecule has 0 aromatic heterocycles. The van der Waals surface area contributed by atoms with Gasteiger partial charge in [-0.25, -0.2) is 0 Å². The Hall–Kier alpha value is -1.31. The summed E-state index contributed by atoms with van der Waals surface area (Å²) in [6, 6.07) is 8.78. The molecule has 2 heteroatoms. The van der Waals surface area contributed by atoms with E-state index in [0.717, 1.165) is 18.9 Å². The second-order valence-electron chi connectivity index (χ2n) is 4.84. The molecular weight excluding hydrogens is 208 g/mol. The Kier molecular flexibility index (Phi) is 4.18. The Balaban J connectivity index is 0.000000136. The Morgan fingerprint density at radius 1 is 1.24 bits per heavy atom. The van der Waals surface area contributed by atoms with E-state index in [1.54, 1.807) is 11.1 Å². The molecule has 1 N–H and O–H groups in total. The molecule has 1 aromatic rings. The maximum Gasteiger partial charge on any atom is 0.0960 e. The first-order valence-electron chi connectivity index (χ1n) is 6.58. The van der Waals surface area contributed by atoms with Crippen molar-refractivity contribution in [1.29, 1.82) is 0 Å². The number of nitrogens with zero attached hydrogens (tertiary/aromatic N) is 1. The van der Waals surface area contributed by atoms with Crippen LogP contribution >= 0.6 is 0 Å². The molecule has 1 heterocycles. The van der Waals surface area contributed by atoms with Crippen molar-refractivity contribution < 1.29 is 0 Å². The number of aryl methyl sites for hydroxylation is 1. The minimum Gasteiger partial charge on any atom is -0.374 e. The standard InChI is InChI=1S/C10H12.C5H10N2/c1-8-6-7-9-4-2-3-5-10(8)9;1-6-5-3-2-4-7-5/h2-5,8H,6-7H2,1H3;2-4H2,1H3,(H,6,7). The highest BCUT2D eigenvalue weighted by atomic mass is 15.0. The summed E-state index contributed by atoms with van der Waals surface area (Å²) < 4.78 is 0. The zero-order valence-electron chi connectivity index (χ0n) is 10.9. The highest BCUT2D eigenvalue weighted by Gasteiger charge is 2.16. The smallest absolute Gasteiger partial charge is 0.0960 e. The molecule has 1 aliphatic carbocycles. The van der Waals surface area contributed by atoms with Crippen molar-refractivity contribution in [2.45, 2.75) is 38.5 Å². The van der Waals surface area contributed by atoms with Gasteiger partial charge in [0.05, 0.1) is 5.84 Å². The number of rotatable bonds is 0. The van der Waals surface area contributed by atoms with Gasteiger partial charge in [-0.1, -0.05) is 31.2 Å². The van der Waals surface area contributed by atoms with Crippen LogP contribution in [0, 0.1) is 0 Å². The average molecular weight is 230 g/mol. The first-order chi connectivity index (χ1) is 8.31. The highest BCUT2D eigenvalue weighted by molar-refractivity contribution is 5.83. The largest absolute Gasteiger partial charge is 0.374 e. The Labute approximate surface area is 104 Å². The van der Waals surface area contributed by atoms with Gasteiger partial charge < -0.3 is 5.32 Å². The van der Waals surface area contributed by atoms with E-state index in [2.05, 4.69) is 41.5 Å². The number of aliphatic imine (C=N–C) groups is 1. The highest BCUT2D eigenvalue weighted by Crippen LogP contribution is 2.31. The van der Waals surface area contributed by atoms with Gasteiger partial charge in [0.25, 0.3) is 0 Å². The van der Waals surface area contributed by atoms with E-state index in [9.17, 15) is 0 Å². The molecule has 0 bridgehead atoms. The van der Waals surface area contributed by atoms with Crippen LogP contribution in [-0.2, 0) is 6.42 Å². The van der Waals surface area contributed by atoms with Crippen molar-refractivity contribution in [2.24, 2.45) is 4.99 Å². The summed E-state index contributed by atoms with van der Waals surface area (Å²) in [5.41, 5.74) is 3.14. The third-order valence-electron chi connectivity index (χ3n) is 3.62. The fourth-order valence-electron chi connectivity index (χ4n) is 2.54. The minimum atomic E-state index is 0.802. The molecule has 0 radical (unpaired) electrons. The summed E-state index contributed by atoms with van der Waals surface area (Å²) >= 11 is 0. The molecule has 92 valence electrons. The first-order valence-corrected chi connectivity index (χ1v) is 6.58. The van der Waals surface area contributed by atoms with E-state index in [4.69, 9.17) is 0 Å². The number of fused-ring (bicyclic) bond motifs is 1. The number of hydrogen-bond acceptors (Lipinski definition) is 1. The van der Waals surface area contributed by atoms with Crippen LogP contribution in [-0.4, -0.2) is 19.4 Å². The van der Waals surface area contributed by atoms with Crippen LogP contribution in [0.25, 0.3) is 0 Å². The first kappa shape index (κ1) is 12.2. The van der Waals surface area contributed by atoms with Gasteiger partial charge in [0.15, 0.2) is 0 Å². The van der Waals surface area contributed by atoms with Crippen LogP contribution in [0.15, 0.2) is 29.3 Å². The normalized spacial score (nSPS) is 23.9. The lowest BCUT2D eigenvalue weighted by atomic mass is 10.0. The van der Waals surface area contributed by atoms with Gasteiger partial charge in [-0.05, 0) is 36.3 Å². The predicted octanol–water partition coefficient (Wildman–Crippen LogP) is 3.13. The van der Waals surface area contributed by atoms with Crippen LogP contribution in [0.3, 0.4) is 0 Å². The molecule has 0 amide bonds. The number of benzene rings is 1. The zero-order chi connectivity index (χ0) is 12.1. The summed E-state index contributed by atoms with van der Waals surface area (Å²) in [5.74, 6) is 1.97. The molecule has 1 aromatic carbocycles. The van der Waals surface area contributed by atoms with Crippen molar-refractivity contribution in [3.8, 4) is 0 Å². The molecule has 1 unspecified atom stereocenters. The van der Waals surface area contributed by atoms with Gasteiger partial charge >= 0.3 is 0 Å². The molecule has 17 heavy (non-hydrogen) atoms. The van der Waals surface area contributed by atoms with Gasteiger partial charge in [0.2, 0.25) is 0 Å². The molecular formula is C15H22N2. The molecule has 0 spiro atoms. The van der Waals surface area contributed by atoms with E-state index in [1.165, 1.54) is 25.1 Å². The number of hydrogen-bond donors (Lipinski definition) is 1. The monoisotopic (exact) mass is 230 g/mol. The zero-order valence-corrected chi connectivity index (χ0v) is 10.9. The second-order valence-corrected chi connectivity index (χ2v) is 4.84. The Morgan fingerprint density at radius 3 is 2.65 bits per heavy atom. The van der Waals surface area contributed by atoms with Crippen molar-refractivity contribution in [3.63, 3.8) is 0 Å². The maximum absolute atomic E-state index is 3.99. The summed E-state index contributed by atoms with van der Waals surface area (Å²) in [5, 5.41) is 3.16. The summed E-state index contributed by atoms with van der Waals surface area (Å²) in [7, 11) is 1.83. The van der Waals surface area contributed by atoms with E-state index in [0.29, 0.717) is 0 Å². The van der Waals surface area contributed by atoms with Crippen LogP contribution in [0.4, 0.5) is 0 Å². The Morgan fingerprint density at radius 2 is 2.06 bits per heavy atom. The lowest BCUT2D eigenvalue weighted by molar-refractivity contribution is 0.747. The van der Waals surface area contributed by atoms with Gasteiger partial charge in [0.1, 0.15) is 0 Å². The quantitative estimate of drug-likeness (QED) is 0.727. The SMILES string of the molecule is CC1CCc2ccccc21.CN=C1CCCN1. The maximum atomic E-state index is 3.99. The third kappa shape index (κ3) is 3.09.